The average molecular weight is 1400 g/mol. The summed E-state index contributed by atoms with van der Waals surface area (Å²) >= 11 is 0. The molecule has 12 atom stereocenters. The molecule has 6 aromatic heterocycles. The Morgan fingerprint density at radius 3 is 0.980 bits per heavy atom. The summed E-state index contributed by atoms with van der Waals surface area (Å²) in [5.74, 6) is -3.20. The molecule has 101 heavy (non-hydrogen) atoms. The molecule has 9 saturated heterocycles. The maximum absolute atomic E-state index is 16.1. The number of phosphoric ester groups is 1. The van der Waals surface area contributed by atoms with Crippen molar-refractivity contribution in [1.29, 1.82) is 0 Å². The van der Waals surface area contributed by atoms with Gasteiger partial charge in [0.15, 0.2) is 53.0 Å². The number of nitrogens with zero attached hydrogens (tertiary/aromatic N) is 15. The summed E-state index contributed by atoms with van der Waals surface area (Å²) in [6, 6.07) is 24.6. The zero-order chi connectivity index (χ0) is 68.4. The van der Waals surface area contributed by atoms with Gasteiger partial charge in [0, 0.05) is 73.0 Å². The smallest absolute Gasteiger partial charge is 0.378 e. The van der Waals surface area contributed by atoms with Crippen molar-refractivity contribution in [3.05, 3.63) is 111 Å². The number of ether oxygens (including phenoxy) is 12. The average Bonchev–Trinajstić information content (AvgIpc) is 1.58. The molecule has 0 radical (unpaired) electrons. The number of hydrogen-bond acceptors (Lipinski definition) is 28. The molecule has 3 unspecified atom stereocenters. The second kappa shape index (κ2) is 25.9. The van der Waals surface area contributed by atoms with Gasteiger partial charge in [-0.25, -0.2) is 49.4 Å². The van der Waals surface area contributed by atoms with Crippen LogP contribution in [0.3, 0.4) is 0 Å². The van der Waals surface area contributed by atoms with Gasteiger partial charge in [-0.15, -0.1) is 0 Å². The summed E-state index contributed by atoms with van der Waals surface area (Å²) in [5, 5.41) is 0. The molecule has 9 aliphatic heterocycles. The molecule has 0 bridgehead atoms. The lowest BCUT2D eigenvalue weighted by Gasteiger charge is -2.29. The minimum atomic E-state index is -4.78. The number of aromatic nitrogens is 12. The first-order valence-electron chi connectivity index (χ1n) is 34.4. The molecule has 32 heteroatoms. The summed E-state index contributed by atoms with van der Waals surface area (Å²) in [5.41, 5.74) is 10.9. The highest BCUT2D eigenvalue weighted by Crippen LogP contribution is 2.55. The molecule has 18 rings (SSSR count). The number of imidazole rings is 3. The van der Waals surface area contributed by atoms with Crippen molar-refractivity contribution in [3.63, 3.8) is 0 Å². The van der Waals surface area contributed by atoms with Gasteiger partial charge in [0.1, 0.15) is 108 Å². The van der Waals surface area contributed by atoms with Crippen molar-refractivity contribution < 1.29 is 75.0 Å². The van der Waals surface area contributed by atoms with Crippen LogP contribution in [-0.2, 0) is 75.0 Å². The Morgan fingerprint density at radius 1 is 0.396 bits per heavy atom. The van der Waals surface area contributed by atoms with E-state index in [1.54, 1.807) is 19.0 Å². The first-order chi connectivity index (χ1) is 49.1. The van der Waals surface area contributed by atoms with Crippen molar-refractivity contribution in [3.8, 4) is 33.8 Å². The van der Waals surface area contributed by atoms with E-state index in [-0.39, 0.29) is 19.8 Å². The van der Waals surface area contributed by atoms with E-state index in [1.165, 1.54) is 19.0 Å². The molecule has 0 saturated carbocycles. The Balaban J connectivity index is 0.641. The molecule has 15 heterocycles. The normalized spacial score (nSPS) is 29.7. The highest BCUT2D eigenvalue weighted by Gasteiger charge is 2.60. The van der Waals surface area contributed by atoms with Crippen molar-refractivity contribution in [2.45, 2.75) is 133 Å². The van der Waals surface area contributed by atoms with Gasteiger partial charge in [0.05, 0.1) is 78.4 Å². The minimum Gasteiger partial charge on any atom is -0.378 e. The van der Waals surface area contributed by atoms with Crippen LogP contribution in [0.1, 0.15) is 60.2 Å². The molecular formula is C69H78N15O16P. The van der Waals surface area contributed by atoms with Gasteiger partial charge in [0.2, 0.25) is 0 Å². The summed E-state index contributed by atoms with van der Waals surface area (Å²) < 4.78 is 119. The second-order valence-electron chi connectivity index (χ2n) is 27.8. The van der Waals surface area contributed by atoms with Crippen LogP contribution in [0, 0.1) is 0 Å². The number of fused-ring (bicyclic) bond motifs is 6. The largest absolute Gasteiger partial charge is 0.475 e. The third kappa shape index (κ3) is 12.3. The molecule has 0 spiro atoms. The minimum absolute atomic E-state index is 0.369. The Kier molecular flexibility index (Phi) is 16.8. The molecule has 31 nitrogen and oxygen atoms in total. The topological polar surface area (TPSA) is 296 Å². The lowest BCUT2D eigenvalue weighted by atomic mass is 10.1. The van der Waals surface area contributed by atoms with E-state index in [2.05, 4.69) is 51.1 Å². The van der Waals surface area contributed by atoms with E-state index in [0.717, 1.165) is 73.0 Å². The van der Waals surface area contributed by atoms with Crippen molar-refractivity contribution >= 4 is 58.4 Å². The van der Waals surface area contributed by atoms with E-state index >= 15 is 4.57 Å². The molecule has 9 aliphatic rings. The summed E-state index contributed by atoms with van der Waals surface area (Å²) in [6.07, 6.45) is -0.182. The lowest BCUT2D eigenvalue weighted by molar-refractivity contribution is -0.202. The van der Waals surface area contributed by atoms with Crippen LogP contribution in [0.5, 0.6) is 0 Å². The molecule has 530 valence electrons. The highest BCUT2D eigenvalue weighted by molar-refractivity contribution is 7.48. The summed E-state index contributed by atoms with van der Waals surface area (Å²) in [7, 11) is -4.78. The molecule has 3 aromatic carbocycles. The number of benzene rings is 3. The Labute approximate surface area is 580 Å². The fraction of sp³-hybridized carbons (Fsp3) is 0.522. The third-order valence-electron chi connectivity index (χ3n) is 20.0. The number of morpholine rings is 3. The predicted octanol–water partition coefficient (Wildman–Crippen LogP) is 7.43. The van der Waals surface area contributed by atoms with Crippen LogP contribution in [0.15, 0.2) is 111 Å². The van der Waals surface area contributed by atoms with Gasteiger partial charge in [-0.05, 0) is 77.9 Å². The van der Waals surface area contributed by atoms with Crippen LogP contribution in [0.2, 0.25) is 0 Å². The van der Waals surface area contributed by atoms with Crippen molar-refractivity contribution in [2.75, 3.05) is 113 Å². The van der Waals surface area contributed by atoms with Crippen LogP contribution in [0.25, 0.3) is 67.3 Å². The first kappa shape index (κ1) is 65.4. The van der Waals surface area contributed by atoms with Gasteiger partial charge in [-0.2, -0.15) is 0 Å². The molecule has 9 aromatic rings. The van der Waals surface area contributed by atoms with Crippen molar-refractivity contribution in [2.24, 2.45) is 0 Å². The Hall–Kier alpha value is -7.66. The maximum atomic E-state index is 16.1. The second-order valence-corrected chi connectivity index (χ2v) is 29.5. The first-order valence-corrected chi connectivity index (χ1v) is 35.9. The van der Waals surface area contributed by atoms with E-state index in [0.29, 0.717) is 90.2 Å². The predicted molar refractivity (Wildman–Crippen MR) is 360 cm³/mol. The van der Waals surface area contributed by atoms with Crippen LogP contribution in [0.4, 0.5) is 17.1 Å². The number of hydrogen-bond donors (Lipinski definition) is 0. The van der Waals surface area contributed by atoms with Gasteiger partial charge in [-0.1, -0.05) is 36.4 Å². The number of phosphoric acid groups is 1. The molecular weight excluding hydrogens is 1330 g/mol. The van der Waals surface area contributed by atoms with Gasteiger partial charge < -0.3 is 71.5 Å². The fourth-order valence-corrected chi connectivity index (χ4v) is 16.6. The zero-order valence-electron chi connectivity index (χ0n) is 56.6. The molecule has 0 aliphatic carbocycles. The fourth-order valence-electron chi connectivity index (χ4n) is 15.4. The van der Waals surface area contributed by atoms with E-state index in [9.17, 15) is 0 Å². The van der Waals surface area contributed by atoms with Gasteiger partial charge in [-0.3, -0.25) is 27.3 Å². The summed E-state index contributed by atoms with van der Waals surface area (Å²) in [6.45, 7) is 18.4. The lowest BCUT2D eigenvalue weighted by Crippen LogP contribution is -2.36. The van der Waals surface area contributed by atoms with Crippen LogP contribution >= 0.6 is 7.82 Å². The van der Waals surface area contributed by atoms with E-state index in [4.69, 9.17) is 115 Å². The monoisotopic (exact) mass is 1400 g/mol. The Bertz CT molecular complexity index is 4150. The quantitative estimate of drug-likeness (QED) is 0.0754. The summed E-state index contributed by atoms with van der Waals surface area (Å²) in [4.78, 5) is 50.0. The number of anilines is 3. The standard InChI is InChI=1S/C69H78N15O16P/c1-67(2)95-55-46(92-64(58(55)98-67)82-37-76-52-49(70-34-73-61(52)82)40-10-7-13-43(28-40)79-16-22-86-23-17-79)31-89-101(85,90-32-47-56-59(99-68(3,4)96-56)65(93-47)83-38-77-53-50(71-35-74-62(53)83)41-11-8-14-44(29-41)80-18-24-87-25-19-80)91-33-48-57-60(100-69(5,6)97-57)66(94-48)84-39-78-54-51(72-36-75-63(54)84)42-12-9-15-45(30-42)81-20-26-88-27-21-81/h7-15,28-30,34-39,46-48,55-60,64-66H,16-27,31-33H2,1-6H3/t46-,47-,48-,55-,56-,57-,58-,59-,60-,64?,65?,66?,101?/m1/s1. The zero-order valence-corrected chi connectivity index (χ0v) is 57.5. The maximum Gasteiger partial charge on any atom is 0.475 e. The van der Waals surface area contributed by atoms with Crippen LogP contribution < -0.4 is 14.7 Å². The molecule has 9 fully saturated rings. The molecule has 0 amide bonds. The van der Waals surface area contributed by atoms with Crippen molar-refractivity contribution in [1.82, 2.24) is 58.6 Å². The molecule has 0 N–H and O–H groups in total. The van der Waals surface area contributed by atoms with E-state index < -0.39 is 98.8 Å². The SMILES string of the molecule is CC1(C)O[C@@H]2[C@@H](COP(=O)(OC[C@H]3OC(n4cnc5c(-c6cccc(N7CCOCC7)c6)ncnc54)[C@@H]4OC(C)(C)O[C@H]34)OC[C@H]3OC(n4cnc5c(-c6cccc(N7CCOCC7)c6)ncnc54)[C@@H]4OC(C)(C)O[C@H]34)OC(n3cnc4c(-c5cccc(N6CCOCC6)c5)ncnc43)[C@@H]2O1. The Morgan fingerprint density at radius 2 is 0.683 bits per heavy atom. The number of rotatable bonds is 18. The third-order valence-corrected chi connectivity index (χ3v) is 21.3. The van der Waals surface area contributed by atoms with E-state index in [1.807, 2.05) is 91.6 Å². The van der Waals surface area contributed by atoms with Crippen LogP contribution in [-0.4, -0.2) is 230 Å². The van der Waals surface area contributed by atoms with Gasteiger partial charge in [0.25, 0.3) is 0 Å². The van der Waals surface area contributed by atoms with Gasteiger partial charge >= 0.3 is 7.82 Å². The highest BCUT2D eigenvalue weighted by atomic mass is 31.2.